The van der Waals surface area contributed by atoms with E-state index in [9.17, 15) is 4.79 Å². The highest BCUT2D eigenvalue weighted by Gasteiger charge is 2.10. The quantitative estimate of drug-likeness (QED) is 0.709. The van der Waals surface area contributed by atoms with Gasteiger partial charge in [0.2, 0.25) is 0 Å². The lowest BCUT2D eigenvalue weighted by atomic mass is 10.2. The third kappa shape index (κ3) is 3.32. The number of carbonyl (C=O) groups is 1. The zero-order valence-corrected chi connectivity index (χ0v) is 12.3. The average Bonchev–Trinajstić information content (AvgIpc) is 2.72. The summed E-state index contributed by atoms with van der Waals surface area (Å²) in [5.74, 6) is 0. The minimum atomic E-state index is -0.383. The van der Waals surface area contributed by atoms with Gasteiger partial charge in [0.1, 0.15) is 0 Å². The number of hydrogen-bond donors (Lipinski definition) is 3. The number of nitrogens with one attached hydrogen (secondary N) is 2. The number of nitrogen functional groups attached to an aromatic ring is 1. The fourth-order valence-corrected chi connectivity index (χ4v) is 2.55. The number of anilines is 3. The summed E-state index contributed by atoms with van der Waals surface area (Å²) in [5.41, 5.74) is 8.30. The zero-order chi connectivity index (χ0) is 14.0. The summed E-state index contributed by atoms with van der Waals surface area (Å²) in [5, 5.41) is 9.84. The molecule has 7 heteroatoms. The molecule has 0 fully saturated rings. The minimum absolute atomic E-state index is 0.331. The molecule has 0 aliphatic carbocycles. The zero-order valence-electron chi connectivity index (χ0n) is 9.96. The maximum Gasteiger partial charge on any atom is 0.323 e. The summed E-state index contributed by atoms with van der Waals surface area (Å²) < 4.78 is 0. The second kappa shape index (κ2) is 5.69. The van der Waals surface area contributed by atoms with Crippen LogP contribution in [0, 0.1) is 6.92 Å². The van der Waals surface area contributed by atoms with E-state index in [-0.39, 0.29) is 6.03 Å². The van der Waals surface area contributed by atoms with Crippen LogP contribution in [-0.2, 0) is 0 Å². The number of urea groups is 1. The van der Waals surface area contributed by atoms with Gasteiger partial charge in [0.25, 0.3) is 0 Å². The summed E-state index contributed by atoms with van der Waals surface area (Å²) in [7, 11) is 0. The van der Waals surface area contributed by atoms with Crippen molar-refractivity contribution in [1.82, 2.24) is 0 Å². The lowest BCUT2D eigenvalue weighted by Crippen LogP contribution is -2.20. The first-order valence-corrected chi connectivity index (χ1v) is 7.02. The summed E-state index contributed by atoms with van der Waals surface area (Å²) in [6, 6.07) is 2.63. The van der Waals surface area contributed by atoms with Crippen LogP contribution in [0.5, 0.6) is 0 Å². The highest BCUT2D eigenvalue weighted by atomic mass is 35.5. The highest BCUT2D eigenvalue weighted by Crippen LogP contribution is 2.30. The van der Waals surface area contributed by atoms with E-state index in [0.717, 1.165) is 11.3 Å². The van der Waals surface area contributed by atoms with Gasteiger partial charge < -0.3 is 16.4 Å². The van der Waals surface area contributed by atoms with E-state index in [2.05, 4.69) is 10.6 Å². The summed E-state index contributed by atoms with van der Waals surface area (Å²) >= 11 is 13.2. The molecule has 0 radical (unpaired) electrons. The predicted octanol–water partition coefficient (Wildman–Crippen LogP) is 4.59. The van der Waals surface area contributed by atoms with Gasteiger partial charge in [0.05, 0.1) is 27.1 Å². The molecule has 1 aromatic carbocycles. The summed E-state index contributed by atoms with van der Waals surface area (Å²) in [6.45, 7) is 1.92. The monoisotopic (exact) mass is 315 g/mol. The molecule has 0 bridgehead atoms. The molecule has 0 atom stereocenters. The van der Waals surface area contributed by atoms with Gasteiger partial charge in [-0.2, -0.15) is 0 Å². The lowest BCUT2D eigenvalue weighted by Gasteiger charge is -2.10. The van der Waals surface area contributed by atoms with Crippen molar-refractivity contribution in [1.29, 1.82) is 0 Å². The number of rotatable bonds is 2. The van der Waals surface area contributed by atoms with E-state index in [4.69, 9.17) is 28.9 Å². The predicted molar refractivity (Wildman–Crippen MR) is 82.6 cm³/mol. The molecule has 2 amide bonds. The maximum atomic E-state index is 11.8. The molecule has 0 spiro atoms. The van der Waals surface area contributed by atoms with Gasteiger partial charge in [0.15, 0.2) is 0 Å². The summed E-state index contributed by atoms with van der Waals surface area (Å²) in [4.78, 5) is 11.8. The average molecular weight is 316 g/mol. The van der Waals surface area contributed by atoms with Crippen LogP contribution >= 0.6 is 34.5 Å². The van der Waals surface area contributed by atoms with Gasteiger partial charge >= 0.3 is 6.03 Å². The smallest absolute Gasteiger partial charge is 0.323 e. The minimum Gasteiger partial charge on any atom is -0.397 e. The number of aryl methyl sites for hydroxylation is 1. The van der Waals surface area contributed by atoms with E-state index in [0.29, 0.717) is 21.4 Å². The molecule has 0 saturated heterocycles. The van der Waals surface area contributed by atoms with Crippen molar-refractivity contribution >= 4 is 57.6 Å². The Labute approximate surface area is 124 Å². The van der Waals surface area contributed by atoms with Crippen LogP contribution in [-0.4, -0.2) is 6.03 Å². The topological polar surface area (TPSA) is 67.2 Å². The molecular formula is C12H11Cl2N3OS. The molecule has 1 heterocycles. The van der Waals surface area contributed by atoms with Gasteiger partial charge in [-0.3, -0.25) is 0 Å². The fourth-order valence-electron chi connectivity index (χ4n) is 1.43. The van der Waals surface area contributed by atoms with Crippen molar-refractivity contribution in [2.24, 2.45) is 0 Å². The molecule has 0 saturated carbocycles. The van der Waals surface area contributed by atoms with Crippen LogP contribution in [0.1, 0.15) is 5.56 Å². The Balaban J connectivity index is 2.11. The molecule has 0 aliphatic rings. The van der Waals surface area contributed by atoms with Crippen LogP contribution in [0.4, 0.5) is 21.9 Å². The molecule has 100 valence electrons. The van der Waals surface area contributed by atoms with Gasteiger partial charge in [-0.1, -0.05) is 23.2 Å². The molecule has 0 aliphatic heterocycles. The molecule has 4 nitrogen and oxygen atoms in total. The Morgan fingerprint density at radius 1 is 1.16 bits per heavy atom. The van der Waals surface area contributed by atoms with Crippen LogP contribution < -0.4 is 16.4 Å². The second-order valence-corrected chi connectivity index (χ2v) is 5.46. The maximum absolute atomic E-state index is 11.8. The molecule has 0 unspecified atom stereocenters. The highest BCUT2D eigenvalue weighted by molar-refractivity contribution is 7.08. The van der Waals surface area contributed by atoms with Crippen LogP contribution in [0.15, 0.2) is 22.9 Å². The Hall–Kier alpha value is -1.43. The number of thiophene rings is 1. The van der Waals surface area contributed by atoms with E-state index < -0.39 is 0 Å². The standard InChI is InChI=1S/C12H11Cl2N3OS/c1-6-4-19-5-11(6)17-12(18)16-10-3-8(14)7(13)2-9(10)15/h2-5H,15H2,1H3,(H2,16,17,18). The Morgan fingerprint density at radius 3 is 2.42 bits per heavy atom. The van der Waals surface area contributed by atoms with E-state index in [1.807, 2.05) is 17.7 Å². The van der Waals surface area contributed by atoms with Gasteiger partial charge in [-0.15, -0.1) is 11.3 Å². The molecule has 4 N–H and O–H groups in total. The number of carbonyl (C=O) groups excluding carboxylic acids is 1. The first kappa shape index (κ1) is 14.0. The van der Waals surface area contributed by atoms with Gasteiger partial charge in [0, 0.05) is 5.38 Å². The van der Waals surface area contributed by atoms with Crippen LogP contribution in [0.25, 0.3) is 0 Å². The number of nitrogens with two attached hydrogens (primary N) is 1. The molecule has 2 rings (SSSR count). The van der Waals surface area contributed by atoms with E-state index in [1.54, 1.807) is 0 Å². The third-order valence-electron chi connectivity index (χ3n) is 2.44. The number of benzene rings is 1. The lowest BCUT2D eigenvalue weighted by molar-refractivity contribution is 0.262. The van der Waals surface area contributed by atoms with Crippen LogP contribution in [0.3, 0.4) is 0 Å². The van der Waals surface area contributed by atoms with Crippen molar-refractivity contribution in [2.45, 2.75) is 6.92 Å². The molecule has 2 aromatic rings. The number of amides is 2. The normalized spacial score (nSPS) is 10.3. The number of halogens is 2. The van der Waals surface area contributed by atoms with E-state index in [1.165, 1.54) is 23.5 Å². The molecular weight excluding hydrogens is 305 g/mol. The largest absolute Gasteiger partial charge is 0.397 e. The molecule has 1 aromatic heterocycles. The second-order valence-electron chi connectivity index (χ2n) is 3.90. The Morgan fingerprint density at radius 2 is 1.79 bits per heavy atom. The van der Waals surface area contributed by atoms with Gasteiger partial charge in [-0.05, 0) is 30.0 Å². The van der Waals surface area contributed by atoms with Crippen molar-refractivity contribution in [3.05, 3.63) is 38.5 Å². The first-order chi connectivity index (χ1) is 8.97. The first-order valence-electron chi connectivity index (χ1n) is 5.32. The molecule has 19 heavy (non-hydrogen) atoms. The van der Waals surface area contributed by atoms with Crippen molar-refractivity contribution in [2.75, 3.05) is 16.4 Å². The van der Waals surface area contributed by atoms with Crippen molar-refractivity contribution < 1.29 is 4.79 Å². The third-order valence-corrected chi connectivity index (χ3v) is 4.03. The Kier molecular flexibility index (Phi) is 4.19. The van der Waals surface area contributed by atoms with Gasteiger partial charge in [-0.25, -0.2) is 4.79 Å². The van der Waals surface area contributed by atoms with E-state index >= 15 is 0 Å². The van der Waals surface area contributed by atoms with Crippen molar-refractivity contribution in [3.8, 4) is 0 Å². The summed E-state index contributed by atoms with van der Waals surface area (Å²) in [6.07, 6.45) is 0. The Bertz CT molecular complexity index is 627. The van der Waals surface area contributed by atoms with Crippen LogP contribution in [0.2, 0.25) is 10.0 Å². The number of hydrogen-bond acceptors (Lipinski definition) is 3. The SMILES string of the molecule is Cc1cscc1NC(=O)Nc1cc(Cl)c(Cl)cc1N. The fraction of sp³-hybridized carbons (Fsp3) is 0.0833. The van der Waals surface area contributed by atoms with Crippen molar-refractivity contribution in [3.63, 3.8) is 0 Å².